The van der Waals surface area contributed by atoms with Crippen molar-refractivity contribution in [2.45, 2.75) is 0 Å². The van der Waals surface area contributed by atoms with E-state index in [4.69, 9.17) is 21.2 Å². The molecule has 1 aromatic heterocycles. The molecule has 0 radical (unpaired) electrons. The molecule has 0 saturated carbocycles. The van der Waals surface area contributed by atoms with Gasteiger partial charge in [0.05, 0.1) is 26.9 Å². The summed E-state index contributed by atoms with van der Waals surface area (Å²) in [6, 6.07) is 1.75. The van der Waals surface area contributed by atoms with Crippen molar-refractivity contribution >= 4 is 57.1 Å². The zero-order chi connectivity index (χ0) is 10.7. The van der Waals surface area contributed by atoms with Gasteiger partial charge in [0.25, 0.3) is 0 Å². The molecule has 1 heterocycles. The maximum Gasteiger partial charge on any atom is 0.0678 e. The molecule has 78 valence electrons. The average molecular weight is 565 g/mol. The molecule has 0 unspecified atom stereocenters. The molecule has 0 bridgehead atoms. The van der Waals surface area contributed by atoms with Crippen LogP contribution in [0.25, 0.3) is 10.9 Å². The topological polar surface area (TPSA) is 54.7 Å². The number of nitrogens with one attached hydrogen (secondary N) is 1. The van der Waals surface area contributed by atoms with Gasteiger partial charge in [0.2, 0.25) is 0 Å². The zero-order valence-corrected chi connectivity index (χ0v) is 17.0. The summed E-state index contributed by atoms with van der Waals surface area (Å²) in [6.45, 7) is 0. The van der Waals surface area contributed by atoms with Crippen molar-refractivity contribution in [1.82, 2.24) is 10.2 Å². The van der Waals surface area contributed by atoms with Gasteiger partial charge in [-0.25, -0.2) is 0 Å². The molecule has 0 amide bonds. The summed E-state index contributed by atoms with van der Waals surface area (Å²) in [7, 11) is 0. The Morgan fingerprint density at radius 2 is 2.13 bits per heavy atom. The molecule has 0 aliphatic rings. The molecule has 1 aromatic carbocycles. The average Bonchev–Trinajstić information content (AvgIpc) is 2.65. The summed E-state index contributed by atoms with van der Waals surface area (Å²) in [4.78, 5) is 0. The van der Waals surface area contributed by atoms with E-state index in [1.165, 1.54) is 0 Å². The largest absolute Gasteiger partial charge is 0.572 e. The Morgan fingerprint density at radius 3 is 2.73 bits per heavy atom. The van der Waals surface area contributed by atoms with Crippen LogP contribution in [0, 0.1) is 0 Å². The molecule has 2 aromatic rings. The van der Waals surface area contributed by atoms with Gasteiger partial charge in [-0.3, -0.25) is 5.10 Å². The van der Waals surface area contributed by atoms with Crippen molar-refractivity contribution in [1.29, 1.82) is 0 Å². The van der Waals surface area contributed by atoms with Crippen LogP contribution >= 0.6 is 27.5 Å². The van der Waals surface area contributed by atoms with E-state index in [2.05, 4.69) is 39.1 Å². The predicted molar refractivity (Wildman–Crippen MR) is 61.7 cm³/mol. The first-order valence-corrected chi connectivity index (χ1v) is 4.90. The number of fused-ring (bicyclic) bond motifs is 1. The van der Waals surface area contributed by atoms with E-state index in [9.17, 15) is 0 Å². The van der Waals surface area contributed by atoms with Crippen LogP contribution in [0.5, 0.6) is 0 Å². The zero-order valence-electron chi connectivity index (χ0n) is 7.43. The van der Waals surface area contributed by atoms with Gasteiger partial charge in [-0.05, 0) is 22.0 Å². The van der Waals surface area contributed by atoms with E-state index >= 15 is 0 Å². The number of hydrogen-bond acceptors (Lipinski definition) is 3. The molecular weight excluding hydrogens is 560 g/mol. The van der Waals surface area contributed by atoms with Crippen LogP contribution in [0.3, 0.4) is 0 Å². The molecule has 0 saturated heterocycles. The first-order chi connectivity index (χ1) is 6.70. The Morgan fingerprint density at radius 1 is 1.53 bits per heavy atom. The van der Waals surface area contributed by atoms with Crippen LogP contribution < -0.4 is 5.73 Å². The van der Waals surface area contributed by atoms with Crippen molar-refractivity contribution in [3.8, 4) is 0 Å². The minimum atomic E-state index is 0. The fourth-order valence-electron chi connectivity index (χ4n) is 1.04. The first-order valence-electron chi connectivity index (χ1n) is 3.42. The van der Waals surface area contributed by atoms with Crippen LogP contribution in [0.15, 0.2) is 16.7 Å². The second kappa shape index (κ2) is 5.43. The van der Waals surface area contributed by atoms with E-state index in [1.54, 1.807) is 12.3 Å². The van der Waals surface area contributed by atoms with Gasteiger partial charge in [0, 0.05) is 5.39 Å². The number of nitrogens with zero attached hydrogens (tertiary/aromatic N) is 1. The molecule has 8 heteroatoms. The quantitative estimate of drug-likeness (QED) is 0.383. The van der Waals surface area contributed by atoms with Crippen LogP contribution in [0.1, 0.15) is 0 Å². The molecule has 3 nitrogen and oxygen atoms in total. The Labute approximate surface area is 98.6 Å². The summed E-state index contributed by atoms with van der Waals surface area (Å²) in [5, 5.41) is 8.15. The molecular formula is C7H5BrClFN3RfS-. The number of halogens is 3. The normalized spacial score (nSPS) is 9.07. The van der Waals surface area contributed by atoms with Crippen LogP contribution in [0.4, 0.5) is 9.57 Å². The SMILES string of the molecule is F[S-].Nc1c(Cl)cc2[nH]ncc2c1Br.[Rf]. The maximum atomic E-state index is 9.08. The van der Waals surface area contributed by atoms with Crippen molar-refractivity contribution < 1.29 is 3.89 Å². The third-order valence-corrected chi connectivity index (χ3v) is 2.84. The Balaban J connectivity index is 0.000000617. The van der Waals surface area contributed by atoms with E-state index in [0.29, 0.717) is 10.7 Å². The molecule has 0 atom stereocenters. The molecule has 0 aliphatic heterocycles. The molecule has 0 fully saturated rings. The third kappa shape index (κ3) is 2.31. The fraction of sp³-hybridized carbons (Fsp3) is 0. The van der Waals surface area contributed by atoms with Crippen LogP contribution in [0.2, 0.25) is 5.02 Å². The third-order valence-electron chi connectivity index (χ3n) is 1.67. The smallest absolute Gasteiger partial charge is 0.0678 e. The number of H-pyrrole nitrogens is 1. The van der Waals surface area contributed by atoms with Crippen LogP contribution in [-0.4, -0.2) is 10.2 Å². The van der Waals surface area contributed by atoms with Crippen molar-refractivity contribution in [3.63, 3.8) is 0 Å². The fourth-order valence-corrected chi connectivity index (χ4v) is 1.88. The maximum absolute atomic E-state index is 9.08. The summed E-state index contributed by atoms with van der Waals surface area (Å²) in [6.07, 6.45) is 1.70. The standard InChI is InChI=1S/C7H5BrClN3.FS.Rf/c8-6-3-2-11-12-5(3)1-4(9)7(6)10;1-2;/h1-2H,10H2,(H,11,12);;/q;-1;. The Kier molecular flexibility index (Phi) is 4.90. The molecule has 2 rings (SSSR count). The number of aromatic nitrogens is 2. The summed E-state index contributed by atoms with van der Waals surface area (Å²) in [5.74, 6) is 0. The summed E-state index contributed by atoms with van der Waals surface area (Å²) < 4.78 is 9.87. The second-order valence-corrected chi connectivity index (χ2v) is 3.62. The summed E-state index contributed by atoms with van der Waals surface area (Å²) in [5.41, 5.74) is 7.11. The van der Waals surface area contributed by atoms with Crippen molar-refractivity contribution in [2.24, 2.45) is 0 Å². The van der Waals surface area contributed by atoms with E-state index in [-0.39, 0.29) is 0 Å². The van der Waals surface area contributed by atoms with E-state index in [0.717, 1.165) is 15.4 Å². The monoisotopic (exact) mass is 563 g/mol. The number of benzene rings is 1. The molecule has 3 N–H and O–H groups in total. The molecule has 0 spiro atoms. The van der Waals surface area contributed by atoms with E-state index < -0.39 is 0 Å². The number of hydrogen-bond donors (Lipinski definition) is 2. The van der Waals surface area contributed by atoms with Gasteiger partial charge in [-0.1, -0.05) is 11.6 Å². The molecule has 0 aliphatic carbocycles. The number of nitrogens with two attached hydrogens (primary N) is 1. The number of rotatable bonds is 0. The first kappa shape index (κ1) is 13.5. The van der Waals surface area contributed by atoms with Gasteiger partial charge >= 0.3 is 0 Å². The second-order valence-electron chi connectivity index (χ2n) is 2.42. The Bertz CT molecular complexity index is 453. The minimum absolute atomic E-state index is 0. The van der Waals surface area contributed by atoms with Gasteiger partial charge in [0.15, 0.2) is 0 Å². The van der Waals surface area contributed by atoms with Gasteiger partial charge in [-0.15, -0.1) is 0 Å². The van der Waals surface area contributed by atoms with E-state index in [1.807, 2.05) is 0 Å². The van der Waals surface area contributed by atoms with Gasteiger partial charge in [0.1, 0.15) is 0 Å². The number of aromatic amines is 1. The minimum Gasteiger partial charge on any atom is -0.572 e. The van der Waals surface area contributed by atoms with Crippen molar-refractivity contribution in [2.75, 3.05) is 5.73 Å². The predicted octanol–water partition coefficient (Wildman–Crippen LogP) is 2.98. The summed E-state index contributed by atoms with van der Waals surface area (Å²) >= 11 is 11.8. The molecule has 15 heavy (non-hydrogen) atoms. The van der Waals surface area contributed by atoms with Crippen LogP contribution in [-0.2, 0) is 13.0 Å². The van der Waals surface area contributed by atoms with Gasteiger partial charge < -0.3 is 22.6 Å². The van der Waals surface area contributed by atoms with Crippen molar-refractivity contribution in [3.05, 3.63) is 21.8 Å². The number of anilines is 1. The van der Waals surface area contributed by atoms with Gasteiger partial charge in [-0.2, -0.15) is 5.10 Å². The Hall–Kier alpha value is -1.46. The number of nitrogen functional groups attached to an aromatic ring is 1.